The minimum Gasteiger partial charge on any atom is -0.392 e. The van der Waals surface area contributed by atoms with E-state index in [2.05, 4.69) is 15.6 Å². The zero-order chi connectivity index (χ0) is 20.8. The van der Waals surface area contributed by atoms with Gasteiger partial charge >= 0.3 is 0 Å². The molecular weight excluding hydrogens is 369 g/mol. The maximum atomic E-state index is 13.8. The summed E-state index contributed by atoms with van der Waals surface area (Å²) >= 11 is 0. The number of hydrogen-bond acceptors (Lipinski definition) is 4. The van der Waals surface area contributed by atoms with E-state index in [0.717, 1.165) is 5.56 Å². The maximum absolute atomic E-state index is 13.8. The highest BCUT2D eigenvalue weighted by Crippen LogP contribution is 2.26. The van der Waals surface area contributed by atoms with Crippen molar-refractivity contribution in [3.05, 3.63) is 82.8 Å². The van der Waals surface area contributed by atoms with Crippen molar-refractivity contribution in [1.82, 2.24) is 10.3 Å². The molecule has 0 saturated carbocycles. The molecule has 0 saturated heterocycles. The summed E-state index contributed by atoms with van der Waals surface area (Å²) in [6.45, 7) is 4.39. The first-order chi connectivity index (χ1) is 14.0. The molecule has 0 aliphatic heterocycles. The molecule has 0 radical (unpaired) electrons. The van der Waals surface area contributed by atoms with Crippen molar-refractivity contribution < 1.29 is 14.3 Å². The second kappa shape index (κ2) is 9.30. The first-order valence-electron chi connectivity index (χ1n) is 9.49. The van der Waals surface area contributed by atoms with Crippen LogP contribution in [0.1, 0.15) is 34.0 Å². The van der Waals surface area contributed by atoms with Crippen LogP contribution in [0.4, 0.5) is 10.1 Å². The highest BCUT2D eigenvalue weighted by atomic mass is 19.1. The molecule has 29 heavy (non-hydrogen) atoms. The third kappa shape index (κ3) is 4.78. The van der Waals surface area contributed by atoms with Gasteiger partial charge in [0.1, 0.15) is 5.82 Å². The van der Waals surface area contributed by atoms with E-state index in [1.165, 1.54) is 6.07 Å². The van der Waals surface area contributed by atoms with Crippen LogP contribution in [0.15, 0.2) is 54.7 Å². The first-order valence-corrected chi connectivity index (χ1v) is 9.49. The summed E-state index contributed by atoms with van der Waals surface area (Å²) in [5, 5.41) is 15.6. The number of amides is 1. The van der Waals surface area contributed by atoms with Gasteiger partial charge < -0.3 is 15.7 Å². The van der Waals surface area contributed by atoms with E-state index >= 15 is 0 Å². The van der Waals surface area contributed by atoms with E-state index in [0.29, 0.717) is 40.2 Å². The van der Waals surface area contributed by atoms with E-state index in [-0.39, 0.29) is 24.9 Å². The van der Waals surface area contributed by atoms with Crippen LogP contribution in [0.25, 0.3) is 11.3 Å². The molecule has 0 spiro atoms. The summed E-state index contributed by atoms with van der Waals surface area (Å²) in [6.07, 6.45) is 1.65. The van der Waals surface area contributed by atoms with Gasteiger partial charge in [0.25, 0.3) is 5.91 Å². The number of aliphatic hydroxyl groups is 1. The van der Waals surface area contributed by atoms with Crippen molar-refractivity contribution in [3.8, 4) is 11.3 Å². The molecule has 1 aromatic heterocycles. The lowest BCUT2D eigenvalue weighted by molar-refractivity contribution is 0.0951. The predicted octanol–water partition coefficient (Wildman–Crippen LogP) is 4.05. The highest BCUT2D eigenvalue weighted by molar-refractivity contribution is 6.00. The third-order valence-electron chi connectivity index (χ3n) is 4.66. The average Bonchev–Trinajstić information content (AvgIpc) is 2.74. The Labute approximate surface area is 169 Å². The second-order valence-corrected chi connectivity index (χ2v) is 6.73. The van der Waals surface area contributed by atoms with E-state index in [4.69, 9.17) is 0 Å². The molecule has 0 bridgehead atoms. The molecule has 1 amide bonds. The smallest absolute Gasteiger partial charge is 0.253 e. The number of hydrogen-bond donors (Lipinski definition) is 3. The van der Waals surface area contributed by atoms with Gasteiger partial charge in [-0.25, -0.2) is 4.39 Å². The van der Waals surface area contributed by atoms with Gasteiger partial charge in [-0.2, -0.15) is 0 Å². The van der Waals surface area contributed by atoms with Crippen LogP contribution in [0.3, 0.4) is 0 Å². The Balaban J connectivity index is 1.89. The van der Waals surface area contributed by atoms with Gasteiger partial charge in [-0.15, -0.1) is 0 Å². The van der Waals surface area contributed by atoms with E-state index < -0.39 is 0 Å². The summed E-state index contributed by atoms with van der Waals surface area (Å²) in [4.78, 5) is 17.2. The Kier molecular flexibility index (Phi) is 6.57. The topological polar surface area (TPSA) is 74.2 Å². The molecule has 150 valence electrons. The largest absolute Gasteiger partial charge is 0.392 e. The van der Waals surface area contributed by atoms with Gasteiger partial charge in [0.2, 0.25) is 0 Å². The van der Waals surface area contributed by atoms with Crippen LogP contribution in [-0.2, 0) is 13.2 Å². The monoisotopic (exact) mass is 393 g/mol. The number of halogens is 1. The first kappa shape index (κ1) is 20.5. The van der Waals surface area contributed by atoms with Crippen LogP contribution >= 0.6 is 0 Å². The molecule has 2 aromatic carbocycles. The number of carbonyl (C=O) groups is 1. The maximum Gasteiger partial charge on any atom is 0.253 e. The number of aliphatic hydroxyl groups excluding tert-OH is 1. The zero-order valence-corrected chi connectivity index (χ0v) is 16.5. The summed E-state index contributed by atoms with van der Waals surface area (Å²) in [7, 11) is 0. The number of rotatable bonds is 7. The van der Waals surface area contributed by atoms with Crippen LogP contribution in [0.2, 0.25) is 0 Å². The summed E-state index contributed by atoms with van der Waals surface area (Å²) in [5.74, 6) is -0.566. The van der Waals surface area contributed by atoms with Crippen LogP contribution in [0, 0.1) is 12.7 Å². The summed E-state index contributed by atoms with van der Waals surface area (Å²) in [5.41, 5.74) is 4.48. The number of benzene rings is 2. The van der Waals surface area contributed by atoms with Gasteiger partial charge in [0, 0.05) is 36.1 Å². The summed E-state index contributed by atoms with van der Waals surface area (Å²) in [6, 6.07) is 13.9. The molecule has 5 nitrogen and oxygen atoms in total. The van der Waals surface area contributed by atoms with E-state index in [1.807, 2.05) is 19.1 Å². The highest BCUT2D eigenvalue weighted by Gasteiger charge is 2.15. The zero-order valence-electron chi connectivity index (χ0n) is 16.5. The molecule has 3 rings (SSSR count). The SMILES string of the molecule is CCNc1ccc(-c2ncccc2CO)cc1C(=O)NCc1ccc(C)c(F)c1. The van der Waals surface area contributed by atoms with Gasteiger partial charge in [0.05, 0.1) is 17.9 Å². The number of pyridine rings is 1. The van der Waals surface area contributed by atoms with Gasteiger partial charge in [-0.05, 0) is 49.2 Å². The Morgan fingerprint density at radius 2 is 2.00 bits per heavy atom. The van der Waals surface area contributed by atoms with Crippen molar-refractivity contribution in [2.24, 2.45) is 0 Å². The number of nitrogens with zero attached hydrogens (tertiary/aromatic N) is 1. The lowest BCUT2D eigenvalue weighted by Gasteiger charge is -2.14. The average molecular weight is 393 g/mol. The van der Waals surface area contributed by atoms with E-state index in [1.54, 1.807) is 43.5 Å². The second-order valence-electron chi connectivity index (χ2n) is 6.73. The third-order valence-corrected chi connectivity index (χ3v) is 4.66. The fourth-order valence-electron chi connectivity index (χ4n) is 3.07. The van der Waals surface area contributed by atoms with Gasteiger partial charge in [0.15, 0.2) is 0 Å². The molecule has 0 unspecified atom stereocenters. The Morgan fingerprint density at radius 1 is 1.17 bits per heavy atom. The minimum absolute atomic E-state index is 0.140. The molecule has 1 heterocycles. The Hall–Kier alpha value is -3.25. The molecule has 3 N–H and O–H groups in total. The van der Waals surface area contributed by atoms with Crippen LogP contribution in [0.5, 0.6) is 0 Å². The lowest BCUT2D eigenvalue weighted by atomic mass is 10.0. The Morgan fingerprint density at radius 3 is 2.72 bits per heavy atom. The van der Waals surface area contributed by atoms with Crippen molar-refractivity contribution in [1.29, 1.82) is 0 Å². The fraction of sp³-hybridized carbons (Fsp3) is 0.217. The summed E-state index contributed by atoms with van der Waals surface area (Å²) < 4.78 is 13.8. The standard InChI is InChI=1S/C23H24FN3O2/c1-3-25-21-9-8-17(22-18(14-28)5-4-10-26-22)12-19(21)23(29)27-13-16-7-6-15(2)20(24)11-16/h4-12,25,28H,3,13-14H2,1-2H3,(H,27,29). The number of aryl methyl sites for hydroxylation is 1. The quantitative estimate of drug-likeness (QED) is 0.566. The van der Waals surface area contributed by atoms with Crippen molar-refractivity contribution >= 4 is 11.6 Å². The number of aromatic nitrogens is 1. The minimum atomic E-state index is -0.293. The predicted molar refractivity (Wildman–Crippen MR) is 112 cm³/mol. The molecule has 0 aliphatic rings. The van der Waals surface area contributed by atoms with Crippen LogP contribution < -0.4 is 10.6 Å². The molecule has 6 heteroatoms. The van der Waals surface area contributed by atoms with Crippen molar-refractivity contribution in [2.45, 2.75) is 27.0 Å². The number of anilines is 1. The number of carbonyl (C=O) groups excluding carboxylic acids is 1. The molecule has 0 aliphatic carbocycles. The molecular formula is C23H24FN3O2. The van der Waals surface area contributed by atoms with Crippen molar-refractivity contribution in [2.75, 3.05) is 11.9 Å². The normalized spacial score (nSPS) is 10.6. The van der Waals surface area contributed by atoms with Crippen LogP contribution in [-0.4, -0.2) is 22.5 Å². The fourth-order valence-corrected chi connectivity index (χ4v) is 3.07. The van der Waals surface area contributed by atoms with Gasteiger partial charge in [-0.1, -0.05) is 24.3 Å². The number of nitrogens with one attached hydrogen (secondary N) is 2. The van der Waals surface area contributed by atoms with E-state index in [9.17, 15) is 14.3 Å². The van der Waals surface area contributed by atoms with Crippen molar-refractivity contribution in [3.63, 3.8) is 0 Å². The molecule has 3 aromatic rings. The molecule has 0 atom stereocenters. The lowest BCUT2D eigenvalue weighted by Crippen LogP contribution is -2.24. The van der Waals surface area contributed by atoms with Gasteiger partial charge in [-0.3, -0.25) is 9.78 Å². The Bertz CT molecular complexity index is 1020. The molecule has 0 fully saturated rings.